The fraction of sp³-hybridized carbons (Fsp3) is 0. The van der Waals surface area contributed by atoms with Gasteiger partial charge in [-0.15, -0.1) is 0 Å². The number of aromatic hydroxyl groups is 1. The average Bonchev–Trinajstić information content (AvgIpc) is 1.97. The Labute approximate surface area is 108 Å². The molecule has 1 aromatic rings. The maximum atomic E-state index is 10.5. The van der Waals surface area contributed by atoms with Crippen LogP contribution in [0.2, 0.25) is 10.0 Å². The quantitative estimate of drug-likeness (QED) is 0.641. The number of aromatic carboxylic acids is 1. The van der Waals surface area contributed by atoms with Gasteiger partial charge in [0.25, 0.3) is 0 Å². The van der Waals surface area contributed by atoms with Crippen molar-refractivity contribution >= 4 is 29.2 Å². The molecule has 0 fully saturated rings. The third-order valence-electron chi connectivity index (χ3n) is 1.29. The molecule has 0 saturated heterocycles. The van der Waals surface area contributed by atoms with Crippen LogP contribution in [-0.4, -0.2) is 16.2 Å². The number of hydrogen-bond donors (Lipinski definition) is 2. The molecule has 0 aliphatic rings. The summed E-state index contributed by atoms with van der Waals surface area (Å²) in [5.74, 6) is -1.81. The predicted octanol–water partition coefficient (Wildman–Crippen LogP) is -0.486. The minimum atomic E-state index is -1.31. The summed E-state index contributed by atoms with van der Waals surface area (Å²) in [6, 6.07) is 2.64. The van der Waals surface area contributed by atoms with E-state index in [-0.39, 0.29) is 46.6 Å². The van der Waals surface area contributed by atoms with Crippen LogP contribution in [0, 0.1) is 0 Å². The maximum absolute atomic E-state index is 10.5. The van der Waals surface area contributed by atoms with E-state index in [1.807, 2.05) is 0 Å². The van der Waals surface area contributed by atoms with E-state index in [0.29, 0.717) is 0 Å². The SMILES string of the molecule is O=C(O)c1c(Cl)ccc(Cl)c1O.[H-].[Na+]. The molecule has 66 valence electrons. The van der Waals surface area contributed by atoms with Crippen LogP contribution >= 0.6 is 23.2 Å². The van der Waals surface area contributed by atoms with Gasteiger partial charge >= 0.3 is 35.5 Å². The minimum absolute atomic E-state index is 0. The van der Waals surface area contributed by atoms with Crippen molar-refractivity contribution < 1.29 is 46.0 Å². The molecule has 1 rings (SSSR count). The predicted molar refractivity (Wildman–Crippen MR) is 46.2 cm³/mol. The van der Waals surface area contributed by atoms with Crippen LogP contribution in [0.15, 0.2) is 12.1 Å². The van der Waals surface area contributed by atoms with Gasteiger partial charge < -0.3 is 11.6 Å². The molecule has 3 nitrogen and oxygen atoms in total. The molecule has 6 heteroatoms. The molecule has 13 heavy (non-hydrogen) atoms. The van der Waals surface area contributed by atoms with Crippen LogP contribution in [0.4, 0.5) is 0 Å². The number of carbonyl (C=O) groups is 1. The van der Waals surface area contributed by atoms with Crippen molar-refractivity contribution in [3.63, 3.8) is 0 Å². The van der Waals surface area contributed by atoms with E-state index < -0.39 is 11.7 Å². The molecule has 0 bridgehead atoms. The number of carboxylic acid groups (broad SMARTS) is 1. The summed E-state index contributed by atoms with van der Waals surface area (Å²) in [5.41, 5.74) is -0.371. The number of carboxylic acids is 1. The topological polar surface area (TPSA) is 57.5 Å². The Morgan fingerprint density at radius 2 is 1.77 bits per heavy atom. The molecule has 0 spiro atoms. The Bertz CT molecular complexity index is 346. The second kappa shape index (κ2) is 5.08. The summed E-state index contributed by atoms with van der Waals surface area (Å²) in [7, 11) is 0. The van der Waals surface area contributed by atoms with E-state index in [9.17, 15) is 4.79 Å². The van der Waals surface area contributed by atoms with Crippen molar-refractivity contribution in [3.8, 4) is 5.75 Å². The summed E-state index contributed by atoms with van der Waals surface area (Å²) in [4.78, 5) is 10.5. The first-order valence-electron chi connectivity index (χ1n) is 2.94. The second-order valence-corrected chi connectivity index (χ2v) is 2.87. The first kappa shape index (κ1) is 13.1. The molecule has 0 aliphatic carbocycles. The number of halogens is 2. The first-order chi connectivity index (χ1) is 5.54. The fourth-order valence-electron chi connectivity index (χ4n) is 0.745. The van der Waals surface area contributed by atoms with Crippen LogP contribution in [0.1, 0.15) is 11.8 Å². The van der Waals surface area contributed by atoms with Crippen LogP contribution in [0.25, 0.3) is 0 Å². The van der Waals surface area contributed by atoms with Gasteiger partial charge in [-0.2, -0.15) is 0 Å². The van der Waals surface area contributed by atoms with E-state index in [1.54, 1.807) is 0 Å². The molecule has 0 amide bonds. The zero-order valence-electron chi connectivity index (χ0n) is 7.71. The summed E-state index contributed by atoms with van der Waals surface area (Å²) in [6.07, 6.45) is 0. The van der Waals surface area contributed by atoms with E-state index in [0.717, 1.165) is 0 Å². The van der Waals surface area contributed by atoms with Crippen molar-refractivity contribution in [2.24, 2.45) is 0 Å². The molecule has 0 aromatic heterocycles. The summed E-state index contributed by atoms with van der Waals surface area (Å²) in [5, 5.41) is 17.7. The van der Waals surface area contributed by atoms with Gasteiger partial charge in [0.1, 0.15) is 11.3 Å². The Morgan fingerprint density at radius 3 is 2.15 bits per heavy atom. The molecule has 0 radical (unpaired) electrons. The van der Waals surface area contributed by atoms with Crippen molar-refractivity contribution in [1.82, 2.24) is 0 Å². The normalized spacial score (nSPS) is 9.08. The van der Waals surface area contributed by atoms with Gasteiger partial charge in [0.05, 0.1) is 10.0 Å². The van der Waals surface area contributed by atoms with Crippen molar-refractivity contribution in [3.05, 3.63) is 27.7 Å². The van der Waals surface area contributed by atoms with Gasteiger partial charge in [-0.05, 0) is 12.1 Å². The molecule has 0 saturated carbocycles. The van der Waals surface area contributed by atoms with Gasteiger partial charge in [-0.1, -0.05) is 23.2 Å². The van der Waals surface area contributed by atoms with E-state index >= 15 is 0 Å². The third-order valence-corrected chi connectivity index (χ3v) is 1.91. The summed E-state index contributed by atoms with van der Waals surface area (Å²) < 4.78 is 0. The Hall–Kier alpha value is 0.0700. The van der Waals surface area contributed by atoms with E-state index in [2.05, 4.69) is 0 Å². The van der Waals surface area contributed by atoms with Crippen molar-refractivity contribution in [2.45, 2.75) is 0 Å². The summed E-state index contributed by atoms with van der Waals surface area (Å²) in [6.45, 7) is 0. The Kier molecular flexibility index (Phi) is 5.10. The smallest absolute Gasteiger partial charge is 1.00 e. The zero-order chi connectivity index (χ0) is 9.30. The van der Waals surface area contributed by atoms with Crippen molar-refractivity contribution in [1.29, 1.82) is 0 Å². The Morgan fingerprint density at radius 1 is 1.31 bits per heavy atom. The number of phenols is 1. The van der Waals surface area contributed by atoms with Gasteiger partial charge in [-0.3, -0.25) is 0 Å². The van der Waals surface area contributed by atoms with Crippen LogP contribution in [-0.2, 0) is 0 Å². The van der Waals surface area contributed by atoms with E-state index in [1.165, 1.54) is 12.1 Å². The van der Waals surface area contributed by atoms with Gasteiger partial charge in [0, 0.05) is 0 Å². The largest absolute Gasteiger partial charge is 1.00 e. The molecular formula is C7H5Cl2NaO3. The van der Waals surface area contributed by atoms with Crippen LogP contribution in [0.5, 0.6) is 5.75 Å². The number of hydrogen-bond acceptors (Lipinski definition) is 2. The summed E-state index contributed by atoms with van der Waals surface area (Å²) >= 11 is 11.0. The van der Waals surface area contributed by atoms with Crippen molar-refractivity contribution in [2.75, 3.05) is 0 Å². The standard InChI is InChI=1S/C7H4Cl2O3.Na.H/c8-3-1-2-4(9)6(10)5(3)7(11)12;;/h1-2,10H,(H,11,12);;/q;+1;-1. The number of benzene rings is 1. The molecule has 2 N–H and O–H groups in total. The molecule has 1 aromatic carbocycles. The molecule has 0 atom stereocenters. The molecule has 0 heterocycles. The molecular weight excluding hydrogens is 226 g/mol. The van der Waals surface area contributed by atoms with Gasteiger partial charge in [-0.25, -0.2) is 4.79 Å². The maximum Gasteiger partial charge on any atom is 1.00 e. The minimum Gasteiger partial charge on any atom is -1.00 e. The van der Waals surface area contributed by atoms with Gasteiger partial charge in [0.2, 0.25) is 0 Å². The zero-order valence-corrected chi connectivity index (χ0v) is 10.2. The first-order valence-corrected chi connectivity index (χ1v) is 3.70. The van der Waals surface area contributed by atoms with Crippen LogP contribution < -0.4 is 29.6 Å². The Balaban J connectivity index is 0. The average molecular weight is 231 g/mol. The number of rotatable bonds is 1. The van der Waals surface area contributed by atoms with Gasteiger partial charge in [0.15, 0.2) is 0 Å². The molecule has 0 aliphatic heterocycles. The molecule has 0 unspecified atom stereocenters. The third kappa shape index (κ3) is 2.76. The van der Waals surface area contributed by atoms with E-state index in [4.69, 9.17) is 33.4 Å². The fourth-order valence-corrected chi connectivity index (χ4v) is 1.14. The second-order valence-electron chi connectivity index (χ2n) is 2.06. The van der Waals surface area contributed by atoms with Crippen LogP contribution in [0.3, 0.4) is 0 Å². The monoisotopic (exact) mass is 230 g/mol.